The van der Waals surface area contributed by atoms with Crippen LogP contribution < -0.4 is 5.32 Å². The van der Waals surface area contributed by atoms with Crippen molar-refractivity contribution >= 4 is 53.5 Å². The van der Waals surface area contributed by atoms with E-state index in [0.717, 1.165) is 12.3 Å². The number of carbonyl (C=O) groups excluding carboxylic acids is 2. The Hall–Kier alpha value is -2.21. The molecule has 1 N–H and O–H groups in total. The lowest BCUT2D eigenvalue weighted by atomic mass is 10.3. The van der Waals surface area contributed by atoms with Crippen LogP contribution in [0.2, 0.25) is 0 Å². The maximum absolute atomic E-state index is 12.5. The van der Waals surface area contributed by atoms with Gasteiger partial charge in [-0.15, -0.1) is 35.7 Å². The second kappa shape index (κ2) is 13.4. The molecule has 0 aliphatic carbocycles. The van der Waals surface area contributed by atoms with Crippen LogP contribution in [0, 0.1) is 0 Å². The lowest BCUT2D eigenvalue weighted by Crippen LogP contribution is -2.54. The van der Waals surface area contributed by atoms with Crippen LogP contribution in [0.25, 0.3) is 0 Å². The van der Waals surface area contributed by atoms with E-state index in [1.807, 2.05) is 18.2 Å². The van der Waals surface area contributed by atoms with Crippen LogP contribution in [0.5, 0.6) is 0 Å². The van der Waals surface area contributed by atoms with Crippen molar-refractivity contribution in [3.05, 3.63) is 54.5 Å². The van der Waals surface area contributed by atoms with E-state index in [-0.39, 0.29) is 42.3 Å². The molecule has 1 fully saturated rings. The number of guanidine groups is 1. The number of carbonyl (C=O) groups is 2. The minimum atomic E-state index is -0.0989. The van der Waals surface area contributed by atoms with Gasteiger partial charge in [-0.05, 0) is 24.3 Å². The number of nitrogens with one attached hydrogen (secondary N) is 1. The van der Waals surface area contributed by atoms with Crippen molar-refractivity contribution in [1.29, 1.82) is 0 Å². The van der Waals surface area contributed by atoms with Crippen LogP contribution in [0.3, 0.4) is 0 Å². The highest BCUT2D eigenvalue weighted by Crippen LogP contribution is 2.16. The van der Waals surface area contributed by atoms with E-state index in [1.165, 1.54) is 16.1 Å². The number of hydrogen-bond acceptors (Lipinski definition) is 5. The van der Waals surface area contributed by atoms with Gasteiger partial charge in [-0.3, -0.25) is 9.59 Å². The Morgan fingerprint density at radius 3 is 2.38 bits per heavy atom. The second-order valence-corrected chi connectivity index (χ2v) is 8.44. The van der Waals surface area contributed by atoms with Crippen molar-refractivity contribution in [3.63, 3.8) is 0 Å². The fourth-order valence-electron chi connectivity index (χ4n) is 3.08. The van der Waals surface area contributed by atoms with Gasteiger partial charge in [0.15, 0.2) is 11.7 Å². The van der Waals surface area contributed by atoms with Crippen LogP contribution >= 0.6 is 35.7 Å². The van der Waals surface area contributed by atoms with Gasteiger partial charge in [0.2, 0.25) is 5.91 Å². The standard InChI is InChI=1S/C22H29N5O3S.HI/c1-25(2)20(28)17-24-22(23-10-16-31-18-7-4-3-5-8-18)27-13-11-26(12-14-27)21(29)19-9-6-15-30-19;/h3-9,15H,10-14,16-17H2,1-2H3,(H,23,24);1H. The molecule has 1 aliphatic rings. The first-order chi connectivity index (χ1) is 15.0. The monoisotopic (exact) mass is 571 g/mol. The van der Waals surface area contributed by atoms with E-state index in [4.69, 9.17) is 4.42 Å². The Morgan fingerprint density at radius 1 is 1.06 bits per heavy atom. The van der Waals surface area contributed by atoms with E-state index < -0.39 is 0 Å². The van der Waals surface area contributed by atoms with Crippen molar-refractivity contribution in [2.75, 3.05) is 59.1 Å². The molecular weight excluding hydrogens is 541 g/mol. The molecule has 0 bridgehead atoms. The number of likely N-dealkylation sites (N-methyl/N-ethyl adjacent to an activating group) is 1. The summed E-state index contributed by atoms with van der Waals surface area (Å²) in [6, 6.07) is 13.6. The lowest BCUT2D eigenvalue weighted by Gasteiger charge is -2.36. The highest BCUT2D eigenvalue weighted by atomic mass is 127. The van der Waals surface area contributed by atoms with Crippen molar-refractivity contribution in [1.82, 2.24) is 20.0 Å². The molecule has 8 nitrogen and oxygen atoms in total. The average Bonchev–Trinajstić information content (AvgIpc) is 3.33. The summed E-state index contributed by atoms with van der Waals surface area (Å²) in [5.41, 5.74) is 0. The number of piperazine rings is 1. The van der Waals surface area contributed by atoms with Gasteiger partial charge in [0.25, 0.3) is 5.91 Å². The molecule has 2 amide bonds. The lowest BCUT2D eigenvalue weighted by molar-refractivity contribution is -0.127. The SMILES string of the molecule is CN(C)C(=O)CN=C(NCCSc1ccccc1)N1CCN(C(=O)c2ccco2)CC1.I. The summed E-state index contributed by atoms with van der Waals surface area (Å²) in [5, 5.41) is 3.39. The summed E-state index contributed by atoms with van der Waals surface area (Å²) in [6.07, 6.45) is 1.51. The average molecular weight is 571 g/mol. The Morgan fingerprint density at radius 2 is 1.75 bits per heavy atom. The molecule has 174 valence electrons. The topological polar surface area (TPSA) is 81.4 Å². The predicted molar refractivity (Wildman–Crippen MR) is 138 cm³/mol. The Labute approximate surface area is 210 Å². The Bertz CT molecular complexity index is 869. The first kappa shape index (κ1) is 26.0. The Balaban J connectivity index is 0.00000363. The number of aliphatic imine (C=N–C) groups is 1. The molecule has 1 aromatic carbocycles. The van der Waals surface area contributed by atoms with E-state index in [0.29, 0.717) is 37.9 Å². The molecule has 1 saturated heterocycles. The zero-order chi connectivity index (χ0) is 22.1. The van der Waals surface area contributed by atoms with E-state index in [2.05, 4.69) is 27.3 Å². The van der Waals surface area contributed by atoms with Gasteiger partial charge in [0.1, 0.15) is 6.54 Å². The van der Waals surface area contributed by atoms with Crippen molar-refractivity contribution in [3.8, 4) is 0 Å². The Kier molecular flexibility index (Phi) is 10.9. The van der Waals surface area contributed by atoms with Gasteiger partial charge in [-0.25, -0.2) is 4.99 Å². The molecule has 1 aliphatic heterocycles. The van der Waals surface area contributed by atoms with Gasteiger partial charge in [-0.2, -0.15) is 0 Å². The number of amides is 2. The van der Waals surface area contributed by atoms with Crippen LogP contribution in [0.4, 0.5) is 0 Å². The van der Waals surface area contributed by atoms with Gasteiger partial charge < -0.3 is 24.4 Å². The van der Waals surface area contributed by atoms with Gasteiger partial charge in [-0.1, -0.05) is 18.2 Å². The van der Waals surface area contributed by atoms with Gasteiger partial charge in [0.05, 0.1) is 6.26 Å². The van der Waals surface area contributed by atoms with Gasteiger partial charge in [0, 0.05) is 57.5 Å². The van der Waals surface area contributed by atoms with Crippen molar-refractivity contribution < 1.29 is 14.0 Å². The number of halogens is 1. The zero-order valence-corrected chi connectivity index (χ0v) is 21.5. The third-order valence-corrected chi connectivity index (χ3v) is 5.87. The third kappa shape index (κ3) is 7.73. The molecule has 0 saturated carbocycles. The molecule has 32 heavy (non-hydrogen) atoms. The highest BCUT2D eigenvalue weighted by molar-refractivity contribution is 14.0. The third-order valence-electron chi connectivity index (χ3n) is 4.86. The zero-order valence-electron chi connectivity index (χ0n) is 18.4. The molecule has 0 radical (unpaired) electrons. The fourth-order valence-corrected chi connectivity index (χ4v) is 3.87. The number of nitrogens with zero attached hydrogens (tertiary/aromatic N) is 4. The predicted octanol–water partition coefficient (Wildman–Crippen LogP) is 2.48. The summed E-state index contributed by atoms with van der Waals surface area (Å²) < 4.78 is 5.23. The highest BCUT2D eigenvalue weighted by Gasteiger charge is 2.25. The van der Waals surface area contributed by atoms with Crippen molar-refractivity contribution in [2.45, 2.75) is 4.90 Å². The summed E-state index contributed by atoms with van der Waals surface area (Å²) in [4.78, 5) is 35.7. The molecule has 2 heterocycles. The largest absolute Gasteiger partial charge is 0.459 e. The number of hydrogen-bond donors (Lipinski definition) is 1. The van der Waals surface area contributed by atoms with Crippen LogP contribution in [-0.4, -0.2) is 91.6 Å². The number of benzene rings is 1. The fraction of sp³-hybridized carbons (Fsp3) is 0.409. The van der Waals surface area contributed by atoms with Crippen LogP contribution in [0.1, 0.15) is 10.6 Å². The van der Waals surface area contributed by atoms with E-state index >= 15 is 0 Å². The molecular formula is C22H30IN5O3S. The summed E-state index contributed by atoms with van der Waals surface area (Å²) in [7, 11) is 3.45. The van der Waals surface area contributed by atoms with Crippen LogP contribution in [-0.2, 0) is 4.79 Å². The summed E-state index contributed by atoms with van der Waals surface area (Å²) in [6.45, 7) is 3.23. The first-order valence-corrected chi connectivity index (χ1v) is 11.3. The summed E-state index contributed by atoms with van der Waals surface area (Å²) in [5.74, 6) is 1.79. The van der Waals surface area contributed by atoms with Crippen molar-refractivity contribution in [2.24, 2.45) is 4.99 Å². The first-order valence-electron chi connectivity index (χ1n) is 10.3. The quantitative estimate of drug-likeness (QED) is 0.181. The van der Waals surface area contributed by atoms with E-state index in [9.17, 15) is 9.59 Å². The second-order valence-electron chi connectivity index (χ2n) is 7.27. The minimum Gasteiger partial charge on any atom is -0.459 e. The van der Waals surface area contributed by atoms with E-state index in [1.54, 1.807) is 42.9 Å². The summed E-state index contributed by atoms with van der Waals surface area (Å²) >= 11 is 1.77. The number of thioether (sulfide) groups is 1. The molecule has 0 atom stereocenters. The molecule has 3 rings (SSSR count). The van der Waals surface area contributed by atoms with Gasteiger partial charge >= 0.3 is 0 Å². The molecule has 0 spiro atoms. The number of rotatable bonds is 7. The molecule has 2 aromatic rings. The molecule has 10 heteroatoms. The minimum absolute atomic E-state index is 0. The normalized spacial score (nSPS) is 14.0. The van der Waals surface area contributed by atoms with Crippen LogP contribution in [0.15, 0.2) is 63.0 Å². The maximum atomic E-state index is 12.5. The molecule has 0 unspecified atom stereocenters. The number of furan rings is 1. The smallest absolute Gasteiger partial charge is 0.289 e. The maximum Gasteiger partial charge on any atom is 0.289 e. The molecule has 1 aromatic heterocycles.